The van der Waals surface area contributed by atoms with Crippen molar-refractivity contribution in [1.29, 1.82) is 0 Å². The van der Waals surface area contributed by atoms with E-state index in [-0.39, 0.29) is 5.02 Å². The van der Waals surface area contributed by atoms with E-state index in [0.717, 1.165) is 30.5 Å². The van der Waals surface area contributed by atoms with E-state index in [1.807, 2.05) is 0 Å². The highest BCUT2D eigenvalue weighted by Gasteiger charge is 2.46. The molecule has 1 amide bonds. The predicted molar refractivity (Wildman–Crippen MR) is 132 cm³/mol. The van der Waals surface area contributed by atoms with Crippen molar-refractivity contribution in [1.82, 2.24) is 0 Å². The van der Waals surface area contributed by atoms with Gasteiger partial charge in [-0.1, -0.05) is 78.5 Å². The molecule has 0 radical (unpaired) electrons. The van der Waals surface area contributed by atoms with E-state index >= 15 is 0 Å². The summed E-state index contributed by atoms with van der Waals surface area (Å²) in [5.74, 6) is -1.52. The van der Waals surface area contributed by atoms with Crippen molar-refractivity contribution < 1.29 is 27.5 Å². The highest BCUT2D eigenvalue weighted by molar-refractivity contribution is 6.31. The summed E-state index contributed by atoms with van der Waals surface area (Å²) in [6.07, 6.45) is -3.60. The van der Waals surface area contributed by atoms with Crippen LogP contribution in [0.5, 0.6) is 0 Å². The number of alkyl halides is 3. The number of anilines is 1. The van der Waals surface area contributed by atoms with Crippen LogP contribution in [0.2, 0.25) is 10.0 Å². The molecule has 1 fully saturated rings. The number of esters is 1. The molecule has 0 bridgehead atoms. The Balaban J connectivity index is 1.67. The third kappa shape index (κ3) is 5.52. The molecule has 0 heterocycles. The Morgan fingerprint density at radius 2 is 1.50 bits per heavy atom. The summed E-state index contributed by atoms with van der Waals surface area (Å²) >= 11 is 11.8. The second-order valence-corrected chi connectivity index (χ2v) is 9.54. The Morgan fingerprint density at radius 1 is 0.889 bits per heavy atom. The van der Waals surface area contributed by atoms with E-state index in [0.29, 0.717) is 23.4 Å². The molecule has 188 valence electrons. The van der Waals surface area contributed by atoms with Crippen molar-refractivity contribution in [2.45, 2.75) is 43.4 Å². The molecule has 0 aliphatic heterocycles. The molecule has 0 aromatic heterocycles. The molecule has 3 aromatic carbocycles. The summed E-state index contributed by atoms with van der Waals surface area (Å²) in [7, 11) is 0. The summed E-state index contributed by atoms with van der Waals surface area (Å²) in [5.41, 5.74) is -1.51. The zero-order valence-corrected chi connectivity index (χ0v) is 20.5. The first kappa shape index (κ1) is 26.0. The van der Waals surface area contributed by atoms with Gasteiger partial charge >= 0.3 is 12.1 Å². The molecule has 1 aliphatic carbocycles. The summed E-state index contributed by atoms with van der Waals surface area (Å²) < 4.78 is 46.5. The molecule has 0 spiro atoms. The summed E-state index contributed by atoms with van der Waals surface area (Å²) in [4.78, 5) is 26.9. The zero-order chi connectivity index (χ0) is 25.9. The first-order valence-corrected chi connectivity index (χ1v) is 12.1. The summed E-state index contributed by atoms with van der Waals surface area (Å²) in [6, 6.07) is 18.1. The van der Waals surface area contributed by atoms with Crippen LogP contribution in [0, 0.1) is 0 Å². The van der Waals surface area contributed by atoms with Crippen molar-refractivity contribution in [3.8, 4) is 0 Å². The van der Waals surface area contributed by atoms with Gasteiger partial charge in [-0.2, -0.15) is 13.2 Å². The topological polar surface area (TPSA) is 55.4 Å². The summed E-state index contributed by atoms with van der Waals surface area (Å²) in [6.45, 7) is 0. The standard InChI is InChI=1S/C27H22Cl2F3NO3/c28-19-10-8-18(9-11-19)26(14-4-5-15-26)25(35)36-23(17-6-2-1-3-7-17)24(34)33-22-13-12-20(29)16-21(22)27(30,31)32/h1-3,6-13,16,23H,4-5,14-15H2,(H,33,34)/t23-/m1/s1. The fraction of sp³-hybridized carbons (Fsp3) is 0.259. The minimum atomic E-state index is -4.76. The SMILES string of the molecule is O=C(Nc1ccc(Cl)cc1C(F)(F)F)[C@H](OC(=O)C1(c2ccc(Cl)cc2)CCCC1)c1ccccc1. The van der Waals surface area contributed by atoms with E-state index < -0.39 is 40.8 Å². The average molecular weight is 536 g/mol. The zero-order valence-electron chi connectivity index (χ0n) is 18.9. The Kier molecular flexibility index (Phi) is 7.62. The van der Waals surface area contributed by atoms with Crippen LogP contribution in [0.3, 0.4) is 0 Å². The average Bonchev–Trinajstić information content (AvgIpc) is 3.35. The molecule has 1 atom stereocenters. The van der Waals surface area contributed by atoms with Gasteiger partial charge < -0.3 is 10.1 Å². The van der Waals surface area contributed by atoms with Crippen LogP contribution >= 0.6 is 23.2 Å². The monoisotopic (exact) mass is 535 g/mol. The fourth-order valence-corrected chi connectivity index (χ4v) is 4.84. The van der Waals surface area contributed by atoms with E-state index in [1.54, 1.807) is 54.6 Å². The minimum absolute atomic E-state index is 0.127. The Labute approximate surface area is 216 Å². The third-order valence-electron chi connectivity index (χ3n) is 6.35. The van der Waals surface area contributed by atoms with Crippen LogP contribution in [0.1, 0.15) is 48.5 Å². The number of halogens is 5. The molecule has 1 aliphatic rings. The lowest BCUT2D eigenvalue weighted by molar-refractivity contribution is -0.160. The second kappa shape index (κ2) is 10.5. The maximum atomic E-state index is 13.6. The van der Waals surface area contributed by atoms with Crippen molar-refractivity contribution in [3.63, 3.8) is 0 Å². The van der Waals surface area contributed by atoms with E-state index in [1.165, 1.54) is 6.07 Å². The lowest BCUT2D eigenvalue weighted by Crippen LogP contribution is -2.38. The molecule has 36 heavy (non-hydrogen) atoms. The molecule has 1 saturated carbocycles. The molecule has 9 heteroatoms. The predicted octanol–water partition coefficient (Wildman–Crippen LogP) is 7.75. The Morgan fingerprint density at radius 3 is 2.11 bits per heavy atom. The van der Waals surface area contributed by atoms with Crippen LogP contribution < -0.4 is 5.32 Å². The molecule has 4 nitrogen and oxygen atoms in total. The van der Waals surface area contributed by atoms with Gasteiger partial charge in [-0.05, 0) is 48.7 Å². The number of hydrogen-bond acceptors (Lipinski definition) is 3. The van der Waals surface area contributed by atoms with Gasteiger partial charge in [0.25, 0.3) is 5.91 Å². The number of nitrogens with one attached hydrogen (secondary N) is 1. The largest absolute Gasteiger partial charge is 0.447 e. The van der Waals surface area contributed by atoms with Crippen molar-refractivity contribution in [3.05, 3.63) is 99.5 Å². The smallest absolute Gasteiger partial charge is 0.418 e. The van der Waals surface area contributed by atoms with Gasteiger partial charge in [-0.25, -0.2) is 0 Å². The van der Waals surface area contributed by atoms with E-state index in [4.69, 9.17) is 27.9 Å². The minimum Gasteiger partial charge on any atom is -0.447 e. The lowest BCUT2D eigenvalue weighted by atomic mass is 9.79. The molecular weight excluding hydrogens is 514 g/mol. The lowest BCUT2D eigenvalue weighted by Gasteiger charge is -2.30. The number of amides is 1. The van der Waals surface area contributed by atoms with E-state index in [9.17, 15) is 22.8 Å². The van der Waals surface area contributed by atoms with Crippen LogP contribution in [0.15, 0.2) is 72.8 Å². The Bertz CT molecular complexity index is 1240. The number of hydrogen-bond donors (Lipinski definition) is 1. The summed E-state index contributed by atoms with van der Waals surface area (Å²) in [5, 5.41) is 2.68. The molecule has 0 saturated heterocycles. The van der Waals surface area contributed by atoms with Gasteiger partial charge in [0.05, 0.1) is 16.7 Å². The number of ether oxygens (including phenoxy) is 1. The van der Waals surface area contributed by atoms with Crippen molar-refractivity contribution >= 4 is 40.8 Å². The fourth-order valence-electron chi connectivity index (χ4n) is 4.54. The molecule has 3 aromatic rings. The van der Waals surface area contributed by atoms with Gasteiger partial charge in [-0.15, -0.1) is 0 Å². The number of carbonyl (C=O) groups excluding carboxylic acids is 2. The number of benzene rings is 3. The molecule has 1 N–H and O–H groups in total. The first-order valence-electron chi connectivity index (χ1n) is 11.3. The van der Waals surface area contributed by atoms with Gasteiger partial charge in [0.1, 0.15) is 0 Å². The van der Waals surface area contributed by atoms with Gasteiger partial charge in [0.15, 0.2) is 0 Å². The first-order chi connectivity index (χ1) is 17.1. The quantitative estimate of drug-likeness (QED) is 0.328. The molecular formula is C27H22Cl2F3NO3. The van der Waals surface area contributed by atoms with Crippen molar-refractivity contribution in [2.75, 3.05) is 5.32 Å². The highest BCUT2D eigenvalue weighted by atomic mass is 35.5. The van der Waals surface area contributed by atoms with Gasteiger partial charge in [-0.3, -0.25) is 9.59 Å². The van der Waals surface area contributed by atoms with Crippen LogP contribution in [0.4, 0.5) is 18.9 Å². The normalized spacial score (nSPS) is 15.8. The highest BCUT2D eigenvalue weighted by Crippen LogP contribution is 2.44. The van der Waals surface area contributed by atoms with Crippen LogP contribution in [-0.2, 0) is 25.9 Å². The second-order valence-electron chi connectivity index (χ2n) is 8.67. The van der Waals surface area contributed by atoms with E-state index in [2.05, 4.69) is 5.32 Å². The Hall–Kier alpha value is -3.03. The van der Waals surface area contributed by atoms with Crippen LogP contribution in [-0.4, -0.2) is 11.9 Å². The van der Waals surface area contributed by atoms with Gasteiger partial charge in [0.2, 0.25) is 6.10 Å². The van der Waals surface area contributed by atoms with Crippen molar-refractivity contribution in [2.24, 2.45) is 0 Å². The third-order valence-corrected chi connectivity index (χ3v) is 6.84. The molecule has 4 rings (SSSR count). The number of rotatable bonds is 6. The maximum Gasteiger partial charge on any atom is 0.418 e. The van der Waals surface area contributed by atoms with Gasteiger partial charge in [0, 0.05) is 15.6 Å². The molecule has 0 unspecified atom stereocenters. The van der Waals surface area contributed by atoms with Crippen LogP contribution in [0.25, 0.3) is 0 Å². The maximum absolute atomic E-state index is 13.6. The number of carbonyl (C=O) groups is 2.